The molecular weight excluding hydrogens is 452 g/mol. The van der Waals surface area contributed by atoms with Crippen molar-refractivity contribution in [3.8, 4) is 11.5 Å². The second kappa shape index (κ2) is 12.0. The number of imidazole rings is 1. The number of fused-ring (bicyclic) bond motifs is 1. The fourth-order valence-corrected chi connectivity index (χ4v) is 4.17. The molecule has 0 spiro atoms. The Morgan fingerprint density at radius 2 is 1.89 bits per heavy atom. The molecule has 36 heavy (non-hydrogen) atoms. The molecule has 2 heterocycles. The quantitative estimate of drug-likeness (QED) is 0.202. The molecule has 0 unspecified atom stereocenters. The van der Waals surface area contributed by atoms with E-state index >= 15 is 0 Å². The largest absolute Gasteiger partial charge is 0.493 e. The number of hydrogen-bond acceptors (Lipinski definition) is 5. The van der Waals surface area contributed by atoms with E-state index in [1.165, 1.54) is 0 Å². The number of carbonyl (C=O) groups is 1. The van der Waals surface area contributed by atoms with Crippen molar-refractivity contribution in [2.24, 2.45) is 0 Å². The van der Waals surface area contributed by atoms with Crippen LogP contribution in [0.5, 0.6) is 11.5 Å². The molecule has 2 aromatic heterocycles. The summed E-state index contributed by atoms with van der Waals surface area (Å²) < 4.78 is 13.7. The van der Waals surface area contributed by atoms with Gasteiger partial charge in [-0.15, -0.1) is 6.58 Å². The van der Waals surface area contributed by atoms with Crippen molar-refractivity contribution in [2.45, 2.75) is 32.4 Å². The second-order valence-corrected chi connectivity index (χ2v) is 8.60. The lowest BCUT2D eigenvalue weighted by Crippen LogP contribution is -2.27. The van der Waals surface area contributed by atoms with Crippen molar-refractivity contribution >= 4 is 16.9 Å². The zero-order chi connectivity index (χ0) is 25.3. The van der Waals surface area contributed by atoms with Gasteiger partial charge in [0.2, 0.25) is 0 Å². The van der Waals surface area contributed by atoms with Gasteiger partial charge in [-0.3, -0.25) is 9.78 Å². The fraction of sp³-hybridized carbons (Fsp3) is 0.276. The van der Waals surface area contributed by atoms with Gasteiger partial charge in [0.05, 0.1) is 31.3 Å². The molecule has 0 radical (unpaired) electrons. The number of nitrogens with zero attached hydrogens (tertiary/aromatic N) is 4. The van der Waals surface area contributed by atoms with E-state index in [9.17, 15) is 4.79 Å². The maximum atomic E-state index is 12.8. The summed E-state index contributed by atoms with van der Waals surface area (Å²) in [5.41, 5.74) is 3.75. The van der Waals surface area contributed by atoms with Gasteiger partial charge in [0, 0.05) is 31.5 Å². The van der Waals surface area contributed by atoms with Crippen LogP contribution in [-0.2, 0) is 19.5 Å². The van der Waals surface area contributed by atoms with E-state index < -0.39 is 0 Å². The summed E-state index contributed by atoms with van der Waals surface area (Å²) in [7, 11) is 3.45. The van der Waals surface area contributed by atoms with Crippen LogP contribution in [0.1, 0.15) is 34.6 Å². The van der Waals surface area contributed by atoms with Crippen molar-refractivity contribution in [3.05, 3.63) is 96.6 Å². The molecule has 2 aromatic carbocycles. The van der Waals surface area contributed by atoms with Gasteiger partial charge in [-0.05, 0) is 61.2 Å². The Morgan fingerprint density at radius 3 is 2.67 bits per heavy atom. The number of hydrogen-bond donors (Lipinski definition) is 0. The molecule has 7 nitrogen and oxygen atoms in total. The minimum atomic E-state index is -0.0579. The Balaban J connectivity index is 1.39. The SMILES string of the molecule is C=CCc1ccc(OCCCCn2c(CN(C)C(=O)c3ccncc3)nc3ccccc32)c(OC)c1. The Bertz CT molecular complexity index is 1320. The summed E-state index contributed by atoms with van der Waals surface area (Å²) in [4.78, 5) is 23.4. The number of aryl methyl sites for hydroxylation is 1. The van der Waals surface area contributed by atoms with Gasteiger partial charge in [0.15, 0.2) is 11.5 Å². The van der Waals surface area contributed by atoms with Gasteiger partial charge in [0.25, 0.3) is 5.91 Å². The highest BCUT2D eigenvalue weighted by Gasteiger charge is 2.17. The van der Waals surface area contributed by atoms with Crippen LogP contribution in [0.15, 0.2) is 79.6 Å². The molecule has 4 aromatic rings. The van der Waals surface area contributed by atoms with E-state index in [4.69, 9.17) is 14.5 Å². The van der Waals surface area contributed by atoms with Gasteiger partial charge < -0.3 is 18.9 Å². The Kier molecular flexibility index (Phi) is 8.34. The number of amides is 1. The lowest BCUT2D eigenvalue weighted by molar-refractivity contribution is 0.0780. The van der Waals surface area contributed by atoms with Crippen molar-refractivity contribution in [1.82, 2.24) is 19.4 Å². The summed E-state index contributed by atoms with van der Waals surface area (Å²) in [5, 5.41) is 0. The molecule has 186 valence electrons. The predicted molar refractivity (Wildman–Crippen MR) is 141 cm³/mol. The highest BCUT2D eigenvalue weighted by atomic mass is 16.5. The third-order valence-electron chi connectivity index (χ3n) is 6.03. The first-order valence-corrected chi connectivity index (χ1v) is 12.1. The van der Waals surface area contributed by atoms with E-state index in [-0.39, 0.29) is 5.91 Å². The van der Waals surface area contributed by atoms with Crippen LogP contribution in [0, 0.1) is 0 Å². The molecule has 0 aliphatic heterocycles. The number of rotatable bonds is 12. The average Bonchev–Trinajstić information content (AvgIpc) is 3.26. The number of para-hydroxylation sites is 2. The minimum Gasteiger partial charge on any atom is -0.493 e. The lowest BCUT2D eigenvalue weighted by Gasteiger charge is -2.18. The molecule has 0 saturated heterocycles. The van der Waals surface area contributed by atoms with Crippen LogP contribution in [0.2, 0.25) is 0 Å². The van der Waals surface area contributed by atoms with E-state index in [1.807, 2.05) is 42.5 Å². The summed E-state index contributed by atoms with van der Waals surface area (Å²) in [6, 6.07) is 17.5. The minimum absolute atomic E-state index is 0.0579. The van der Waals surface area contributed by atoms with Crippen LogP contribution in [0.25, 0.3) is 11.0 Å². The van der Waals surface area contributed by atoms with E-state index in [0.29, 0.717) is 18.7 Å². The molecule has 0 aliphatic rings. The van der Waals surface area contributed by atoms with E-state index in [1.54, 1.807) is 43.6 Å². The van der Waals surface area contributed by atoms with Gasteiger partial charge in [-0.1, -0.05) is 24.3 Å². The molecule has 0 bridgehead atoms. The third kappa shape index (κ3) is 5.92. The van der Waals surface area contributed by atoms with Crippen LogP contribution in [-0.4, -0.2) is 46.1 Å². The van der Waals surface area contributed by atoms with Crippen LogP contribution in [0.4, 0.5) is 0 Å². The van der Waals surface area contributed by atoms with Crippen molar-refractivity contribution < 1.29 is 14.3 Å². The van der Waals surface area contributed by atoms with E-state index in [2.05, 4.69) is 22.2 Å². The standard InChI is InChI=1S/C29H32N4O3/c1-4-9-22-12-13-26(27(20-22)35-3)36-19-8-7-18-33-25-11-6-5-10-24(25)31-28(33)21-32(2)29(34)23-14-16-30-17-15-23/h4-6,10-17,20H,1,7-9,18-19,21H2,2-3H3. The Labute approximate surface area is 212 Å². The molecular formula is C29H32N4O3. The summed E-state index contributed by atoms with van der Waals surface area (Å²) in [5.74, 6) is 2.29. The number of allylic oxidation sites excluding steroid dienone is 1. The van der Waals surface area contributed by atoms with Gasteiger partial charge >= 0.3 is 0 Å². The van der Waals surface area contributed by atoms with Gasteiger partial charge in [-0.2, -0.15) is 0 Å². The maximum absolute atomic E-state index is 12.8. The molecule has 0 aliphatic carbocycles. The molecule has 0 saturated carbocycles. The highest BCUT2D eigenvalue weighted by molar-refractivity contribution is 5.93. The van der Waals surface area contributed by atoms with Crippen molar-refractivity contribution in [1.29, 1.82) is 0 Å². The zero-order valence-electron chi connectivity index (χ0n) is 20.9. The normalized spacial score (nSPS) is 10.8. The first kappa shape index (κ1) is 25.0. The van der Waals surface area contributed by atoms with Gasteiger partial charge in [-0.25, -0.2) is 4.98 Å². The number of methoxy groups -OCH3 is 1. The highest BCUT2D eigenvalue weighted by Crippen LogP contribution is 2.28. The molecule has 4 rings (SSSR count). The smallest absolute Gasteiger partial charge is 0.254 e. The van der Waals surface area contributed by atoms with Crippen molar-refractivity contribution in [3.63, 3.8) is 0 Å². The van der Waals surface area contributed by atoms with Crippen molar-refractivity contribution in [2.75, 3.05) is 20.8 Å². The Hall–Kier alpha value is -4.13. The topological polar surface area (TPSA) is 69.5 Å². The predicted octanol–water partition coefficient (Wildman–Crippen LogP) is 5.30. The number of benzene rings is 2. The second-order valence-electron chi connectivity index (χ2n) is 8.60. The first-order chi connectivity index (χ1) is 17.6. The molecule has 7 heteroatoms. The number of pyridine rings is 1. The van der Waals surface area contributed by atoms with E-state index in [0.717, 1.165) is 59.7 Å². The maximum Gasteiger partial charge on any atom is 0.254 e. The van der Waals surface area contributed by atoms with Crippen LogP contribution in [0.3, 0.4) is 0 Å². The summed E-state index contributed by atoms with van der Waals surface area (Å²) in [6.07, 6.45) is 7.70. The number of carbonyl (C=O) groups excluding carboxylic acids is 1. The number of aromatic nitrogens is 3. The molecule has 0 atom stereocenters. The first-order valence-electron chi connectivity index (χ1n) is 12.1. The monoisotopic (exact) mass is 484 g/mol. The lowest BCUT2D eigenvalue weighted by atomic mass is 10.1. The van der Waals surface area contributed by atoms with Crippen LogP contribution >= 0.6 is 0 Å². The summed E-state index contributed by atoms with van der Waals surface area (Å²) >= 11 is 0. The summed E-state index contributed by atoms with van der Waals surface area (Å²) in [6.45, 7) is 5.57. The third-order valence-corrected chi connectivity index (χ3v) is 6.03. The van der Waals surface area contributed by atoms with Gasteiger partial charge in [0.1, 0.15) is 5.82 Å². The molecule has 0 N–H and O–H groups in total. The zero-order valence-corrected chi connectivity index (χ0v) is 20.9. The molecule has 0 fully saturated rings. The number of ether oxygens (including phenoxy) is 2. The van der Waals surface area contributed by atoms with Crippen LogP contribution < -0.4 is 9.47 Å². The number of unbranched alkanes of at least 4 members (excludes halogenated alkanes) is 1. The Morgan fingerprint density at radius 1 is 1.08 bits per heavy atom. The fourth-order valence-electron chi connectivity index (χ4n) is 4.17. The average molecular weight is 485 g/mol. The molecule has 1 amide bonds.